The zero-order chi connectivity index (χ0) is 17.4. The molecule has 6 nitrogen and oxygen atoms in total. The molecule has 2 N–H and O–H groups in total. The first-order valence-corrected chi connectivity index (χ1v) is 7.36. The van der Waals surface area contributed by atoms with Crippen LogP contribution in [0.15, 0.2) is 24.3 Å². The first kappa shape index (κ1) is 17.2. The maximum Gasteiger partial charge on any atom is 0.407 e. The van der Waals surface area contributed by atoms with Gasteiger partial charge in [0.25, 0.3) is 5.91 Å². The summed E-state index contributed by atoms with van der Waals surface area (Å²) in [4.78, 5) is 25.1. The van der Waals surface area contributed by atoms with Gasteiger partial charge in [-0.05, 0) is 52.0 Å². The molecule has 1 heterocycles. The minimum Gasteiger partial charge on any atom is -0.444 e. The molecule has 1 saturated heterocycles. The van der Waals surface area contributed by atoms with Gasteiger partial charge in [0.15, 0.2) is 6.10 Å². The molecule has 0 bridgehead atoms. The summed E-state index contributed by atoms with van der Waals surface area (Å²) in [6.45, 7) is 6.89. The second-order valence-corrected chi connectivity index (χ2v) is 6.55. The Bertz CT molecular complexity index is 597. The fraction of sp³-hybridized carbons (Fsp3) is 0.500. The molecular weight excluding hydrogens is 303 g/mol. The quantitative estimate of drug-likeness (QED) is 0.831. The number of ether oxygens (including phenoxy) is 1. The normalized spacial score (nSPS) is 22.3. The molecule has 1 fully saturated rings. The van der Waals surface area contributed by atoms with Gasteiger partial charge in [-0.1, -0.05) is 0 Å². The Balaban J connectivity index is 2.09. The van der Waals surface area contributed by atoms with Gasteiger partial charge in [0, 0.05) is 5.69 Å². The highest BCUT2D eigenvalue weighted by Gasteiger charge is 2.50. The van der Waals surface area contributed by atoms with Crippen LogP contribution in [0.5, 0.6) is 0 Å². The molecule has 0 saturated carbocycles. The molecule has 126 valence electrons. The molecule has 1 aromatic rings. The maximum absolute atomic E-state index is 13.0. The van der Waals surface area contributed by atoms with Crippen LogP contribution in [-0.2, 0) is 9.53 Å². The highest BCUT2D eigenvalue weighted by atomic mass is 19.1. The van der Waals surface area contributed by atoms with Crippen molar-refractivity contribution < 1.29 is 23.8 Å². The maximum atomic E-state index is 13.0. The second kappa shape index (κ2) is 6.16. The molecular formula is C16H21FN2O4. The molecule has 0 radical (unpaired) electrons. The minimum atomic E-state index is -1.22. The van der Waals surface area contributed by atoms with Crippen molar-refractivity contribution >= 4 is 17.7 Å². The summed E-state index contributed by atoms with van der Waals surface area (Å²) in [6.07, 6.45) is -1.85. The van der Waals surface area contributed by atoms with Crippen LogP contribution in [0.3, 0.4) is 0 Å². The topological polar surface area (TPSA) is 78.9 Å². The number of anilines is 1. The average molecular weight is 324 g/mol. The number of alkyl carbamates (subject to hydrolysis) is 1. The van der Waals surface area contributed by atoms with Crippen LogP contribution in [0, 0.1) is 5.82 Å². The summed E-state index contributed by atoms with van der Waals surface area (Å²) in [6, 6.07) is 4.19. The standard InChI is InChI=1S/C16H21FN2O4/c1-9(18-15(22)23-16(2,3)4)12-13(20)14(21)19(12)11-7-5-10(17)6-8-11/h5-9,12-13,20H,1-4H3,(H,18,22)/t9-,12+,13-/m0/s1. The number of amides is 2. The van der Waals surface area contributed by atoms with Crippen LogP contribution >= 0.6 is 0 Å². The Morgan fingerprint density at radius 2 is 1.91 bits per heavy atom. The number of hydrogen-bond donors (Lipinski definition) is 2. The number of β-lactam (4-membered cyclic amide) rings is 1. The molecule has 0 aromatic heterocycles. The molecule has 1 aliphatic heterocycles. The number of carbonyl (C=O) groups excluding carboxylic acids is 2. The zero-order valence-electron chi connectivity index (χ0n) is 13.5. The van der Waals surface area contributed by atoms with Crippen molar-refractivity contribution in [1.82, 2.24) is 5.32 Å². The van der Waals surface area contributed by atoms with Crippen LogP contribution < -0.4 is 10.2 Å². The van der Waals surface area contributed by atoms with E-state index < -0.39 is 41.6 Å². The molecule has 0 unspecified atom stereocenters. The third-order valence-corrected chi connectivity index (χ3v) is 3.47. The van der Waals surface area contributed by atoms with E-state index in [0.29, 0.717) is 5.69 Å². The van der Waals surface area contributed by atoms with E-state index in [0.717, 1.165) is 0 Å². The van der Waals surface area contributed by atoms with E-state index in [-0.39, 0.29) is 0 Å². The number of rotatable bonds is 3. The summed E-state index contributed by atoms with van der Waals surface area (Å²) in [5, 5.41) is 12.5. The summed E-state index contributed by atoms with van der Waals surface area (Å²) in [5.74, 6) is -0.904. The first-order valence-electron chi connectivity index (χ1n) is 7.36. The van der Waals surface area contributed by atoms with E-state index in [9.17, 15) is 19.1 Å². The number of aliphatic hydroxyl groups excluding tert-OH is 1. The Labute approximate surface area is 134 Å². The predicted molar refractivity (Wildman–Crippen MR) is 82.5 cm³/mol. The van der Waals surface area contributed by atoms with Crippen molar-refractivity contribution in [2.45, 2.75) is 51.5 Å². The summed E-state index contributed by atoms with van der Waals surface area (Å²) >= 11 is 0. The van der Waals surface area contributed by atoms with Crippen molar-refractivity contribution in [3.05, 3.63) is 30.1 Å². The summed E-state index contributed by atoms with van der Waals surface area (Å²) in [7, 11) is 0. The van der Waals surface area contributed by atoms with E-state index in [2.05, 4.69) is 5.32 Å². The Morgan fingerprint density at radius 3 is 2.43 bits per heavy atom. The smallest absolute Gasteiger partial charge is 0.407 e. The van der Waals surface area contributed by atoms with E-state index >= 15 is 0 Å². The molecule has 3 atom stereocenters. The number of carbonyl (C=O) groups is 2. The largest absolute Gasteiger partial charge is 0.444 e. The van der Waals surface area contributed by atoms with E-state index in [4.69, 9.17) is 4.74 Å². The minimum absolute atomic E-state index is 0.418. The van der Waals surface area contributed by atoms with Crippen molar-refractivity contribution in [3.8, 4) is 0 Å². The fourth-order valence-electron chi connectivity index (χ4n) is 2.47. The highest BCUT2D eigenvalue weighted by molar-refractivity contribution is 6.05. The van der Waals surface area contributed by atoms with Gasteiger partial charge in [0.05, 0.1) is 12.1 Å². The monoisotopic (exact) mass is 324 g/mol. The van der Waals surface area contributed by atoms with E-state index in [1.165, 1.54) is 29.2 Å². The Hall–Kier alpha value is -2.15. The Kier molecular flexibility index (Phi) is 4.61. The fourth-order valence-corrected chi connectivity index (χ4v) is 2.47. The van der Waals surface area contributed by atoms with Gasteiger partial charge in [-0.2, -0.15) is 0 Å². The third kappa shape index (κ3) is 3.79. The summed E-state index contributed by atoms with van der Waals surface area (Å²) < 4.78 is 18.2. The van der Waals surface area contributed by atoms with Gasteiger partial charge in [0.2, 0.25) is 0 Å². The average Bonchev–Trinajstić information content (AvgIpc) is 2.42. The van der Waals surface area contributed by atoms with Crippen LogP contribution in [-0.4, -0.2) is 40.9 Å². The van der Waals surface area contributed by atoms with Crippen LogP contribution in [0.25, 0.3) is 0 Å². The number of nitrogens with one attached hydrogen (secondary N) is 1. The van der Waals surface area contributed by atoms with Crippen molar-refractivity contribution in [2.75, 3.05) is 4.90 Å². The first-order chi connectivity index (χ1) is 10.6. The van der Waals surface area contributed by atoms with Crippen molar-refractivity contribution in [2.24, 2.45) is 0 Å². The number of nitrogens with zero attached hydrogens (tertiary/aromatic N) is 1. The SMILES string of the molecule is C[C@H](NC(=O)OC(C)(C)C)[C@@H]1[C@H](O)C(=O)N1c1ccc(F)cc1. The molecule has 2 amide bonds. The van der Waals surface area contributed by atoms with E-state index in [1.807, 2.05) is 0 Å². The molecule has 7 heteroatoms. The van der Waals surface area contributed by atoms with Crippen molar-refractivity contribution in [1.29, 1.82) is 0 Å². The Morgan fingerprint density at radius 1 is 1.35 bits per heavy atom. The van der Waals surface area contributed by atoms with Gasteiger partial charge in [-0.15, -0.1) is 0 Å². The number of benzene rings is 1. The predicted octanol–water partition coefficient (Wildman–Crippen LogP) is 1.81. The number of halogens is 1. The molecule has 1 aliphatic rings. The second-order valence-electron chi connectivity index (χ2n) is 6.55. The molecule has 0 aliphatic carbocycles. The lowest BCUT2D eigenvalue weighted by Gasteiger charge is -2.47. The van der Waals surface area contributed by atoms with Crippen LogP contribution in [0.2, 0.25) is 0 Å². The molecule has 2 rings (SSSR count). The van der Waals surface area contributed by atoms with Gasteiger partial charge >= 0.3 is 6.09 Å². The van der Waals surface area contributed by atoms with Crippen LogP contribution in [0.4, 0.5) is 14.9 Å². The lowest BCUT2D eigenvalue weighted by Crippen LogP contribution is -2.71. The van der Waals surface area contributed by atoms with Gasteiger partial charge < -0.3 is 20.1 Å². The lowest BCUT2D eigenvalue weighted by molar-refractivity contribution is -0.137. The van der Waals surface area contributed by atoms with Crippen molar-refractivity contribution in [3.63, 3.8) is 0 Å². The van der Waals surface area contributed by atoms with Crippen LogP contribution in [0.1, 0.15) is 27.7 Å². The zero-order valence-corrected chi connectivity index (χ0v) is 13.5. The lowest BCUT2D eigenvalue weighted by atomic mass is 9.91. The molecule has 0 spiro atoms. The van der Waals surface area contributed by atoms with E-state index in [1.54, 1.807) is 27.7 Å². The number of aliphatic hydroxyl groups is 1. The molecule has 23 heavy (non-hydrogen) atoms. The van der Waals surface area contributed by atoms with Gasteiger partial charge in [-0.25, -0.2) is 9.18 Å². The highest BCUT2D eigenvalue weighted by Crippen LogP contribution is 2.30. The third-order valence-electron chi connectivity index (χ3n) is 3.47. The van der Waals surface area contributed by atoms with Gasteiger partial charge in [0.1, 0.15) is 11.4 Å². The number of hydrogen-bond acceptors (Lipinski definition) is 4. The van der Waals surface area contributed by atoms with Gasteiger partial charge in [-0.3, -0.25) is 4.79 Å². The molecule has 1 aromatic carbocycles. The summed E-state index contributed by atoms with van der Waals surface area (Å²) in [5.41, 5.74) is -0.182.